The van der Waals surface area contributed by atoms with Gasteiger partial charge in [0.2, 0.25) is 0 Å². The third-order valence-corrected chi connectivity index (χ3v) is 4.13. The summed E-state index contributed by atoms with van der Waals surface area (Å²) < 4.78 is 15.7. The lowest BCUT2D eigenvalue weighted by molar-refractivity contribution is -0.688. The van der Waals surface area contributed by atoms with Crippen LogP contribution in [0.3, 0.4) is 0 Å². The summed E-state index contributed by atoms with van der Waals surface area (Å²) in [5.41, 5.74) is 1.88. The summed E-state index contributed by atoms with van der Waals surface area (Å²) in [6, 6.07) is 9.03. The first-order chi connectivity index (χ1) is 9.65. The number of halogens is 3. The number of nitrogens with zero attached hydrogens (tertiary/aromatic N) is 1. The fourth-order valence-electron chi connectivity index (χ4n) is 2.47. The van der Waals surface area contributed by atoms with Gasteiger partial charge in [0.1, 0.15) is 5.82 Å². The predicted molar refractivity (Wildman–Crippen MR) is 80.5 cm³/mol. The number of benzene rings is 1. The summed E-state index contributed by atoms with van der Waals surface area (Å²) in [4.78, 5) is 0. The van der Waals surface area contributed by atoms with Crippen molar-refractivity contribution in [3.05, 3.63) is 64.7 Å². The zero-order valence-corrected chi connectivity index (χ0v) is 13.8. The standard InChI is InChI=1S/C17H20ClFN.ClH/c1-3-13(4-2)14-8-10-20(11-9-14)12-15-16(18)6-5-7-17(15)19;/h5-11,13H,3-4,12H2,1-2H3;1H/q+1;/p-1. The van der Waals surface area contributed by atoms with Crippen molar-refractivity contribution < 1.29 is 21.4 Å². The summed E-state index contributed by atoms with van der Waals surface area (Å²) >= 11 is 6.05. The van der Waals surface area contributed by atoms with Gasteiger partial charge in [0.15, 0.2) is 18.9 Å². The van der Waals surface area contributed by atoms with Crippen molar-refractivity contribution in [3.63, 3.8) is 0 Å². The van der Waals surface area contributed by atoms with Gasteiger partial charge in [-0.25, -0.2) is 8.96 Å². The Hall–Kier alpha value is -1.12. The smallest absolute Gasteiger partial charge is 0.178 e. The third-order valence-electron chi connectivity index (χ3n) is 3.78. The van der Waals surface area contributed by atoms with Crippen LogP contribution in [0, 0.1) is 5.82 Å². The number of rotatable bonds is 5. The molecule has 1 aromatic carbocycles. The molecule has 4 heteroatoms. The van der Waals surface area contributed by atoms with Crippen molar-refractivity contribution in [2.24, 2.45) is 0 Å². The van der Waals surface area contributed by atoms with Crippen LogP contribution in [-0.4, -0.2) is 0 Å². The molecule has 0 aliphatic carbocycles. The fourth-order valence-corrected chi connectivity index (χ4v) is 2.70. The van der Waals surface area contributed by atoms with Crippen LogP contribution in [0.25, 0.3) is 0 Å². The van der Waals surface area contributed by atoms with Gasteiger partial charge in [0, 0.05) is 12.1 Å². The van der Waals surface area contributed by atoms with Gasteiger partial charge in [-0.05, 0) is 36.5 Å². The van der Waals surface area contributed by atoms with E-state index >= 15 is 0 Å². The minimum Gasteiger partial charge on any atom is -1.00 e. The van der Waals surface area contributed by atoms with Crippen LogP contribution in [0.5, 0.6) is 0 Å². The Morgan fingerprint density at radius 2 is 1.71 bits per heavy atom. The Morgan fingerprint density at radius 1 is 1.10 bits per heavy atom. The van der Waals surface area contributed by atoms with Crippen molar-refractivity contribution >= 4 is 11.6 Å². The van der Waals surface area contributed by atoms with E-state index in [4.69, 9.17) is 11.6 Å². The topological polar surface area (TPSA) is 3.88 Å². The molecule has 0 bridgehead atoms. The number of hydrogen-bond donors (Lipinski definition) is 0. The van der Waals surface area contributed by atoms with Crippen molar-refractivity contribution in [2.75, 3.05) is 0 Å². The number of hydrogen-bond acceptors (Lipinski definition) is 0. The summed E-state index contributed by atoms with van der Waals surface area (Å²) in [5, 5.41) is 0.474. The summed E-state index contributed by atoms with van der Waals surface area (Å²) in [5.74, 6) is 0.343. The predicted octanol–water partition coefficient (Wildman–Crippen LogP) is 1.72. The highest BCUT2D eigenvalue weighted by Crippen LogP contribution is 2.22. The lowest BCUT2D eigenvalue weighted by Gasteiger charge is -2.11. The monoisotopic (exact) mass is 327 g/mol. The molecule has 0 spiro atoms. The quantitative estimate of drug-likeness (QED) is 0.736. The summed E-state index contributed by atoms with van der Waals surface area (Å²) in [6.07, 6.45) is 6.27. The van der Waals surface area contributed by atoms with Crippen LogP contribution >= 0.6 is 11.6 Å². The second kappa shape index (κ2) is 8.35. The van der Waals surface area contributed by atoms with Gasteiger partial charge in [-0.3, -0.25) is 0 Å². The van der Waals surface area contributed by atoms with E-state index < -0.39 is 0 Å². The molecule has 0 radical (unpaired) electrons. The highest BCUT2D eigenvalue weighted by Gasteiger charge is 2.13. The lowest BCUT2D eigenvalue weighted by Crippen LogP contribution is -3.00. The van der Waals surface area contributed by atoms with Crippen molar-refractivity contribution in [1.29, 1.82) is 0 Å². The molecule has 0 saturated heterocycles. The fraction of sp³-hybridized carbons (Fsp3) is 0.353. The van der Waals surface area contributed by atoms with Gasteiger partial charge in [0.05, 0.1) is 10.6 Å². The molecule has 114 valence electrons. The van der Waals surface area contributed by atoms with Gasteiger partial charge in [-0.1, -0.05) is 31.5 Å². The second-order valence-electron chi connectivity index (χ2n) is 5.02. The van der Waals surface area contributed by atoms with Crippen LogP contribution in [0.15, 0.2) is 42.7 Å². The molecule has 0 unspecified atom stereocenters. The largest absolute Gasteiger partial charge is 1.00 e. The molecule has 1 nitrogen and oxygen atoms in total. The first-order valence-electron chi connectivity index (χ1n) is 7.07. The van der Waals surface area contributed by atoms with Crippen molar-refractivity contribution in [1.82, 2.24) is 0 Å². The highest BCUT2D eigenvalue weighted by molar-refractivity contribution is 6.31. The minimum absolute atomic E-state index is 0. The molecule has 0 aliphatic heterocycles. The Labute approximate surface area is 137 Å². The molecule has 2 aromatic rings. The molecule has 2 rings (SSSR count). The molecule has 0 amide bonds. The van der Waals surface area contributed by atoms with Gasteiger partial charge in [-0.2, -0.15) is 0 Å². The van der Waals surface area contributed by atoms with Crippen molar-refractivity contribution in [3.8, 4) is 0 Å². The normalized spacial score (nSPS) is 10.5. The maximum atomic E-state index is 13.8. The van der Waals surface area contributed by atoms with E-state index in [9.17, 15) is 4.39 Å². The maximum absolute atomic E-state index is 13.8. The van der Waals surface area contributed by atoms with Crippen molar-refractivity contribution in [2.45, 2.75) is 39.2 Å². The van der Waals surface area contributed by atoms with Gasteiger partial charge < -0.3 is 12.4 Å². The Bertz CT molecular complexity index is 545. The molecule has 1 aromatic heterocycles. The molecule has 0 aliphatic rings. The Morgan fingerprint density at radius 3 is 2.24 bits per heavy atom. The third kappa shape index (κ3) is 4.42. The zero-order valence-electron chi connectivity index (χ0n) is 12.3. The van der Waals surface area contributed by atoms with Gasteiger partial charge in [0.25, 0.3) is 0 Å². The molecule has 21 heavy (non-hydrogen) atoms. The molecule has 0 atom stereocenters. The van der Waals surface area contributed by atoms with E-state index in [1.54, 1.807) is 12.1 Å². The molecular weight excluding hydrogens is 308 g/mol. The van der Waals surface area contributed by atoms with Crippen LogP contribution < -0.4 is 17.0 Å². The second-order valence-corrected chi connectivity index (χ2v) is 5.42. The van der Waals surface area contributed by atoms with E-state index in [2.05, 4.69) is 26.0 Å². The van der Waals surface area contributed by atoms with Crippen LogP contribution in [-0.2, 0) is 6.54 Å². The average Bonchev–Trinajstić information content (AvgIpc) is 2.46. The van der Waals surface area contributed by atoms with E-state index in [0.29, 0.717) is 23.0 Å². The van der Waals surface area contributed by atoms with Crippen LogP contribution in [0.1, 0.15) is 43.7 Å². The lowest BCUT2D eigenvalue weighted by atomic mass is 9.95. The number of aromatic nitrogens is 1. The zero-order chi connectivity index (χ0) is 14.5. The first-order valence-corrected chi connectivity index (χ1v) is 7.45. The number of pyridine rings is 1. The Kier molecular flexibility index (Phi) is 7.13. The maximum Gasteiger partial charge on any atom is 0.178 e. The van der Waals surface area contributed by atoms with Gasteiger partial charge in [-0.15, -0.1) is 0 Å². The summed E-state index contributed by atoms with van der Waals surface area (Å²) in [6.45, 7) is 4.86. The molecular formula is C17H20Cl2FN. The molecule has 0 saturated carbocycles. The van der Waals surface area contributed by atoms with Crippen LogP contribution in [0.2, 0.25) is 5.02 Å². The van der Waals surface area contributed by atoms with Gasteiger partial charge >= 0.3 is 0 Å². The molecule has 1 heterocycles. The van der Waals surface area contributed by atoms with Crippen LogP contribution in [0.4, 0.5) is 4.39 Å². The SMILES string of the molecule is CCC(CC)c1cc[n+](Cc2c(F)cccc2Cl)cc1.[Cl-]. The van der Waals surface area contributed by atoms with E-state index in [1.165, 1.54) is 11.6 Å². The first kappa shape index (κ1) is 17.9. The van der Waals surface area contributed by atoms with E-state index in [1.807, 2.05) is 17.0 Å². The Balaban J connectivity index is 0.00000220. The van der Waals surface area contributed by atoms with E-state index in [-0.39, 0.29) is 18.2 Å². The minimum atomic E-state index is -0.255. The highest BCUT2D eigenvalue weighted by atomic mass is 35.5. The summed E-state index contributed by atoms with van der Waals surface area (Å²) in [7, 11) is 0. The average molecular weight is 328 g/mol. The molecule has 0 N–H and O–H groups in total. The van der Waals surface area contributed by atoms with E-state index in [0.717, 1.165) is 12.8 Å². The molecule has 0 fully saturated rings.